The zero-order valence-corrected chi connectivity index (χ0v) is 11.0. The smallest absolute Gasteiger partial charge is 0.262 e. The van der Waals surface area contributed by atoms with Gasteiger partial charge in [-0.15, -0.1) is 0 Å². The van der Waals surface area contributed by atoms with Gasteiger partial charge in [0, 0.05) is 5.69 Å². The van der Waals surface area contributed by atoms with E-state index in [1.54, 1.807) is 0 Å². The Hall–Kier alpha value is -2.47. The number of nitrogens with one attached hydrogen (secondary N) is 1. The third-order valence-electron chi connectivity index (χ3n) is 2.67. The van der Waals surface area contributed by atoms with E-state index in [0.29, 0.717) is 11.3 Å². The van der Waals surface area contributed by atoms with Gasteiger partial charge >= 0.3 is 0 Å². The monoisotopic (exact) mass is 293 g/mol. The molecule has 0 aliphatic rings. The van der Waals surface area contributed by atoms with Crippen LogP contribution in [0.2, 0.25) is 0 Å². The minimum absolute atomic E-state index is 0.0820. The second-order valence-electron chi connectivity index (χ2n) is 4.27. The summed E-state index contributed by atoms with van der Waals surface area (Å²) >= 11 is 0. The van der Waals surface area contributed by atoms with Gasteiger partial charge in [-0.2, -0.15) is 0 Å². The molecule has 2 N–H and O–H groups in total. The molecule has 2 rings (SSSR count). The van der Waals surface area contributed by atoms with Crippen molar-refractivity contribution >= 4 is 11.6 Å². The van der Waals surface area contributed by atoms with Gasteiger partial charge in [-0.3, -0.25) is 4.79 Å². The van der Waals surface area contributed by atoms with Gasteiger partial charge in [-0.05, 0) is 42.0 Å². The maximum atomic E-state index is 13.5. The molecule has 2 aromatic rings. The maximum Gasteiger partial charge on any atom is 0.262 e. The summed E-state index contributed by atoms with van der Waals surface area (Å²) in [5.74, 6) is -1.64. The standard InChI is InChI=1S/C15H13F2NO3/c16-11-2-4-12(5-3-11)18-15(20)9-21-14-6-1-10(8-19)7-13(14)17/h1-7,19H,8-9H2,(H,18,20). The summed E-state index contributed by atoms with van der Waals surface area (Å²) in [6.45, 7) is -0.658. The van der Waals surface area contributed by atoms with Crippen LogP contribution in [-0.2, 0) is 11.4 Å². The molecule has 0 saturated heterocycles. The average molecular weight is 293 g/mol. The van der Waals surface area contributed by atoms with E-state index in [4.69, 9.17) is 9.84 Å². The van der Waals surface area contributed by atoms with Crippen molar-refractivity contribution in [2.24, 2.45) is 0 Å². The summed E-state index contributed by atoms with van der Waals surface area (Å²) in [6.07, 6.45) is 0. The number of anilines is 1. The number of aliphatic hydroxyl groups is 1. The van der Waals surface area contributed by atoms with Crippen LogP contribution in [0.5, 0.6) is 5.75 Å². The quantitative estimate of drug-likeness (QED) is 0.890. The lowest BCUT2D eigenvalue weighted by Crippen LogP contribution is -2.20. The molecule has 0 bridgehead atoms. The Morgan fingerprint density at radius 2 is 1.86 bits per heavy atom. The maximum absolute atomic E-state index is 13.5. The molecule has 0 heterocycles. The molecule has 110 valence electrons. The average Bonchev–Trinajstić information content (AvgIpc) is 2.48. The predicted molar refractivity (Wildman–Crippen MR) is 72.8 cm³/mol. The molecule has 0 aromatic heterocycles. The van der Waals surface area contributed by atoms with Crippen LogP contribution in [-0.4, -0.2) is 17.6 Å². The van der Waals surface area contributed by atoms with E-state index >= 15 is 0 Å². The van der Waals surface area contributed by atoms with Crippen molar-refractivity contribution in [3.05, 3.63) is 59.7 Å². The zero-order chi connectivity index (χ0) is 15.2. The highest BCUT2D eigenvalue weighted by Gasteiger charge is 2.08. The van der Waals surface area contributed by atoms with E-state index in [1.807, 2.05) is 0 Å². The lowest BCUT2D eigenvalue weighted by atomic mass is 10.2. The van der Waals surface area contributed by atoms with Crippen LogP contribution in [0.3, 0.4) is 0 Å². The molecule has 21 heavy (non-hydrogen) atoms. The fraction of sp³-hybridized carbons (Fsp3) is 0.133. The molecule has 0 radical (unpaired) electrons. The second kappa shape index (κ2) is 6.81. The van der Waals surface area contributed by atoms with Gasteiger partial charge in [-0.1, -0.05) is 6.07 Å². The van der Waals surface area contributed by atoms with Crippen molar-refractivity contribution in [3.63, 3.8) is 0 Å². The number of benzene rings is 2. The molecular formula is C15H13F2NO3. The molecule has 0 saturated carbocycles. The fourth-order valence-electron chi connectivity index (χ4n) is 1.63. The number of ether oxygens (including phenoxy) is 1. The van der Waals surface area contributed by atoms with Crippen molar-refractivity contribution < 1.29 is 23.4 Å². The van der Waals surface area contributed by atoms with Crippen molar-refractivity contribution in [3.8, 4) is 5.75 Å². The third-order valence-corrected chi connectivity index (χ3v) is 2.67. The summed E-state index contributed by atoms with van der Waals surface area (Å²) in [7, 11) is 0. The Bertz CT molecular complexity index is 629. The number of aliphatic hydroxyl groups excluding tert-OH is 1. The van der Waals surface area contributed by atoms with Crippen LogP contribution < -0.4 is 10.1 Å². The predicted octanol–water partition coefficient (Wildman–Crippen LogP) is 2.47. The topological polar surface area (TPSA) is 58.6 Å². The molecule has 4 nitrogen and oxygen atoms in total. The van der Waals surface area contributed by atoms with Crippen LogP contribution in [0.25, 0.3) is 0 Å². The zero-order valence-electron chi connectivity index (χ0n) is 11.0. The Morgan fingerprint density at radius 3 is 2.48 bits per heavy atom. The first-order valence-electron chi connectivity index (χ1n) is 6.16. The van der Waals surface area contributed by atoms with Crippen LogP contribution in [0, 0.1) is 11.6 Å². The van der Waals surface area contributed by atoms with Crippen molar-refractivity contribution in [1.29, 1.82) is 0 Å². The number of hydrogen-bond donors (Lipinski definition) is 2. The highest BCUT2D eigenvalue weighted by molar-refractivity contribution is 5.91. The Morgan fingerprint density at radius 1 is 1.14 bits per heavy atom. The molecule has 0 unspecified atom stereocenters. The minimum Gasteiger partial charge on any atom is -0.481 e. The molecule has 6 heteroatoms. The molecule has 0 aliphatic heterocycles. The normalized spacial score (nSPS) is 10.2. The molecule has 1 amide bonds. The summed E-state index contributed by atoms with van der Waals surface area (Å²) in [6, 6.07) is 9.21. The van der Waals surface area contributed by atoms with Crippen LogP contribution in [0.15, 0.2) is 42.5 Å². The minimum atomic E-state index is -0.656. The molecule has 0 atom stereocenters. The summed E-state index contributed by atoms with van der Waals surface area (Å²) in [4.78, 5) is 11.6. The van der Waals surface area contributed by atoms with Crippen molar-refractivity contribution in [1.82, 2.24) is 0 Å². The van der Waals surface area contributed by atoms with Crippen LogP contribution in [0.1, 0.15) is 5.56 Å². The highest BCUT2D eigenvalue weighted by Crippen LogP contribution is 2.18. The lowest BCUT2D eigenvalue weighted by Gasteiger charge is -2.09. The highest BCUT2D eigenvalue weighted by atomic mass is 19.1. The number of amides is 1. The Kier molecular flexibility index (Phi) is 4.84. The van der Waals surface area contributed by atoms with Gasteiger partial charge in [0.25, 0.3) is 5.91 Å². The number of hydrogen-bond acceptors (Lipinski definition) is 3. The Labute approximate surface area is 120 Å². The molecular weight excluding hydrogens is 280 g/mol. The van der Waals surface area contributed by atoms with Crippen LogP contribution in [0.4, 0.5) is 14.5 Å². The van der Waals surface area contributed by atoms with E-state index in [2.05, 4.69) is 5.32 Å². The lowest BCUT2D eigenvalue weighted by molar-refractivity contribution is -0.118. The second-order valence-corrected chi connectivity index (χ2v) is 4.27. The first kappa shape index (κ1) is 14.9. The van der Waals surface area contributed by atoms with Crippen LogP contribution >= 0.6 is 0 Å². The Balaban J connectivity index is 1.90. The number of carbonyl (C=O) groups excluding carboxylic acids is 1. The summed E-state index contributed by atoms with van der Waals surface area (Å²) < 4.78 is 31.3. The molecule has 2 aromatic carbocycles. The van der Waals surface area contributed by atoms with Gasteiger partial charge in [-0.25, -0.2) is 8.78 Å². The fourth-order valence-corrected chi connectivity index (χ4v) is 1.63. The van der Waals surface area contributed by atoms with Gasteiger partial charge in [0.15, 0.2) is 18.2 Å². The number of carbonyl (C=O) groups is 1. The van der Waals surface area contributed by atoms with E-state index < -0.39 is 17.5 Å². The van der Waals surface area contributed by atoms with Gasteiger partial charge < -0.3 is 15.2 Å². The summed E-state index contributed by atoms with van der Waals surface area (Å²) in [5.41, 5.74) is 0.830. The number of halogens is 2. The third kappa shape index (κ3) is 4.25. The van der Waals surface area contributed by atoms with Crippen molar-refractivity contribution in [2.45, 2.75) is 6.61 Å². The van der Waals surface area contributed by atoms with E-state index in [1.165, 1.54) is 36.4 Å². The van der Waals surface area contributed by atoms with Gasteiger partial charge in [0.2, 0.25) is 0 Å². The number of rotatable bonds is 5. The molecule has 0 spiro atoms. The first-order chi connectivity index (χ1) is 10.1. The van der Waals surface area contributed by atoms with Crippen molar-refractivity contribution in [2.75, 3.05) is 11.9 Å². The largest absolute Gasteiger partial charge is 0.481 e. The van der Waals surface area contributed by atoms with E-state index in [9.17, 15) is 13.6 Å². The molecule has 0 aliphatic carbocycles. The SMILES string of the molecule is O=C(COc1ccc(CO)cc1F)Nc1ccc(F)cc1. The summed E-state index contributed by atoms with van der Waals surface area (Å²) in [5, 5.41) is 11.3. The van der Waals surface area contributed by atoms with E-state index in [0.717, 1.165) is 6.07 Å². The van der Waals surface area contributed by atoms with E-state index in [-0.39, 0.29) is 19.0 Å². The van der Waals surface area contributed by atoms with Gasteiger partial charge in [0.1, 0.15) is 5.82 Å². The first-order valence-corrected chi connectivity index (χ1v) is 6.16. The van der Waals surface area contributed by atoms with Gasteiger partial charge in [0.05, 0.1) is 6.61 Å². The molecule has 0 fully saturated rings.